The lowest BCUT2D eigenvalue weighted by Gasteiger charge is -2.11. The van der Waals surface area contributed by atoms with Crippen LogP contribution in [0.2, 0.25) is 0 Å². The highest BCUT2D eigenvalue weighted by Gasteiger charge is 2.09. The van der Waals surface area contributed by atoms with Crippen molar-refractivity contribution in [1.29, 1.82) is 0 Å². The number of carbonyl (C=O) groups excluding carboxylic acids is 2. The van der Waals surface area contributed by atoms with E-state index < -0.39 is 5.91 Å². The van der Waals surface area contributed by atoms with E-state index in [2.05, 4.69) is 10.3 Å². The van der Waals surface area contributed by atoms with Crippen molar-refractivity contribution < 1.29 is 23.8 Å². The first-order valence-corrected chi connectivity index (χ1v) is 10.5. The molecule has 0 bridgehead atoms. The highest BCUT2D eigenvalue weighted by molar-refractivity contribution is 7.09. The maximum Gasteiger partial charge on any atom is 0.255 e. The van der Waals surface area contributed by atoms with Crippen molar-refractivity contribution in [1.82, 2.24) is 4.98 Å². The van der Waals surface area contributed by atoms with Crippen LogP contribution in [0, 0.1) is 6.92 Å². The average Bonchev–Trinajstić information content (AvgIpc) is 3.20. The van der Waals surface area contributed by atoms with Gasteiger partial charge in [0.15, 0.2) is 18.1 Å². The number of hydrogen-bond donors (Lipinski definition) is 2. The lowest BCUT2D eigenvalue weighted by Crippen LogP contribution is -2.20. The Morgan fingerprint density at radius 2 is 2.00 bits per heavy atom. The molecule has 32 heavy (non-hydrogen) atoms. The Morgan fingerprint density at radius 1 is 1.16 bits per heavy atom. The second kappa shape index (κ2) is 11.0. The van der Waals surface area contributed by atoms with Crippen LogP contribution in [0.4, 0.5) is 5.69 Å². The zero-order valence-corrected chi connectivity index (χ0v) is 18.5. The Kier molecular flexibility index (Phi) is 7.82. The molecule has 0 aliphatic rings. The first-order valence-electron chi connectivity index (χ1n) is 9.65. The van der Waals surface area contributed by atoms with Crippen LogP contribution in [0.1, 0.15) is 16.3 Å². The van der Waals surface area contributed by atoms with Gasteiger partial charge >= 0.3 is 0 Å². The summed E-state index contributed by atoms with van der Waals surface area (Å²) in [6, 6.07) is 12.3. The fraction of sp³-hybridized carbons (Fsp3) is 0.174. The Balaban J connectivity index is 1.60. The molecular formula is C23H23N3O5S. The number of nitrogens with two attached hydrogens (primary N) is 1. The third-order valence-corrected chi connectivity index (χ3v) is 4.96. The summed E-state index contributed by atoms with van der Waals surface area (Å²) in [6.07, 6.45) is 3.10. The number of rotatable bonds is 10. The van der Waals surface area contributed by atoms with Crippen LogP contribution in [-0.2, 0) is 16.2 Å². The van der Waals surface area contributed by atoms with E-state index in [9.17, 15) is 9.59 Å². The highest BCUT2D eigenvalue weighted by atomic mass is 32.1. The van der Waals surface area contributed by atoms with Crippen LogP contribution in [0.5, 0.6) is 17.2 Å². The van der Waals surface area contributed by atoms with Crippen molar-refractivity contribution in [2.45, 2.75) is 13.5 Å². The maximum absolute atomic E-state index is 12.3. The number of hydrogen-bond acceptors (Lipinski definition) is 7. The molecule has 0 aliphatic carbocycles. The van der Waals surface area contributed by atoms with Gasteiger partial charge in [-0.15, -0.1) is 11.3 Å². The summed E-state index contributed by atoms with van der Waals surface area (Å²) in [5.74, 6) is 0.458. The molecule has 0 saturated heterocycles. The number of anilines is 1. The van der Waals surface area contributed by atoms with E-state index in [0.717, 1.165) is 16.3 Å². The van der Waals surface area contributed by atoms with Crippen LogP contribution in [-0.4, -0.2) is 30.5 Å². The molecule has 1 heterocycles. The summed E-state index contributed by atoms with van der Waals surface area (Å²) in [5, 5.41) is 5.70. The summed E-state index contributed by atoms with van der Waals surface area (Å²) in [5.41, 5.74) is 7.29. The lowest BCUT2D eigenvalue weighted by atomic mass is 10.2. The Labute approximate surface area is 189 Å². The Morgan fingerprint density at radius 3 is 2.72 bits per heavy atom. The highest BCUT2D eigenvalue weighted by Crippen LogP contribution is 2.30. The van der Waals surface area contributed by atoms with Gasteiger partial charge in [-0.05, 0) is 42.8 Å². The summed E-state index contributed by atoms with van der Waals surface area (Å²) in [7, 11) is 1.48. The molecule has 0 unspecified atom stereocenters. The van der Waals surface area contributed by atoms with Gasteiger partial charge in [-0.1, -0.05) is 12.1 Å². The van der Waals surface area contributed by atoms with Crippen LogP contribution in [0.3, 0.4) is 0 Å². The van der Waals surface area contributed by atoms with Gasteiger partial charge in [-0.25, -0.2) is 4.98 Å². The molecule has 1 aromatic heterocycles. The van der Waals surface area contributed by atoms with Gasteiger partial charge in [-0.3, -0.25) is 9.59 Å². The number of nitrogens with one attached hydrogen (secondary N) is 1. The number of thiazole rings is 1. The van der Waals surface area contributed by atoms with Crippen LogP contribution in [0.25, 0.3) is 6.08 Å². The van der Waals surface area contributed by atoms with Crippen molar-refractivity contribution >= 4 is 34.9 Å². The zero-order valence-electron chi connectivity index (χ0n) is 17.7. The molecule has 3 aromatic rings. The van der Waals surface area contributed by atoms with Gasteiger partial charge in [0.2, 0.25) is 5.91 Å². The number of methoxy groups -OCH3 is 1. The molecule has 0 radical (unpaired) electrons. The fourth-order valence-electron chi connectivity index (χ4n) is 2.71. The second-order valence-electron chi connectivity index (χ2n) is 6.66. The minimum absolute atomic E-state index is 0.297. The largest absolute Gasteiger partial charge is 0.493 e. The van der Waals surface area contributed by atoms with E-state index in [1.54, 1.807) is 35.6 Å². The molecule has 0 fully saturated rings. The molecule has 3 rings (SSSR count). The Bertz CT molecular complexity index is 1130. The number of amides is 2. The van der Waals surface area contributed by atoms with E-state index in [1.165, 1.54) is 13.2 Å². The normalized spacial score (nSPS) is 10.7. The molecule has 0 aliphatic heterocycles. The van der Waals surface area contributed by atoms with Gasteiger partial charge < -0.3 is 25.3 Å². The quantitative estimate of drug-likeness (QED) is 0.454. The number of nitrogens with zero attached hydrogens (tertiary/aromatic N) is 1. The standard InChI is InChI=1S/C23H23N3O5S/c1-15-25-18(14-32-15)12-30-19-5-3-4-16(10-19)6-9-23(28)26-17-7-8-20(29-2)21(11-17)31-13-22(24)27/h3-11,14H,12-13H2,1-2H3,(H2,24,27)(H,26,28). The summed E-state index contributed by atoms with van der Waals surface area (Å²) >= 11 is 1.58. The molecule has 3 N–H and O–H groups in total. The number of primary amides is 1. The van der Waals surface area contributed by atoms with Crippen molar-refractivity contribution in [3.8, 4) is 17.2 Å². The Hall–Kier alpha value is -3.85. The zero-order chi connectivity index (χ0) is 22.9. The molecule has 0 spiro atoms. The number of aryl methyl sites for hydroxylation is 1. The number of aromatic nitrogens is 1. The van der Waals surface area contributed by atoms with Gasteiger partial charge in [0.05, 0.1) is 17.8 Å². The van der Waals surface area contributed by atoms with Gasteiger partial charge in [0.1, 0.15) is 12.4 Å². The third kappa shape index (κ3) is 6.85. The third-order valence-electron chi connectivity index (χ3n) is 4.14. The van der Waals surface area contributed by atoms with E-state index in [1.807, 2.05) is 36.6 Å². The number of ether oxygens (including phenoxy) is 3. The first kappa shape index (κ1) is 22.8. The predicted molar refractivity (Wildman–Crippen MR) is 123 cm³/mol. The molecular weight excluding hydrogens is 430 g/mol. The molecule has 2 amide bonds. The van der Waals surface area contributed by atoms with Crippen molar-refractivity contribution in [3.63, 3.8) is 0 Å². The first-order chi connectivity index (χ1) is 15.4. The monoisotopic (exact) mass is 453 g/mol. The van der Waals surface area contributed by atoms with Crippen LogP contribution in [0.15, 0.2) is 53.9 Å². The maximum atomic E-state index is 12.3. The van der Waals surface area contributed by atoms with Gasteiger partial charge in [-0.2, -0.15) is 0 Å². The summed E-state index contributed by atoms with van der Waals surface area (Å²) in [6.45, 7) is 2.04. The smallest absolute Gasteiger partial charge is 0.255 e. The molecule has 166 valence electrons. The average molecular weight is 454 g/mol. The van der Waals surface area contributed by atoms with Crippen molar-refractivity contribution in [3.05, 3.63) is 70.2 Å². The minimum atomic E-state index is -0.614. The topological polar surface area (TPSA) is 113 Å². The van der Waals surface area contributed by atoms with Crippen LogP contribution < -0.4 is 25.3 Å². The van der Waals surface area contributed by atoms with Crippen LogP contribution >= 0.6 is 11.3 Å². The molecule has 0 saturated carbocycles. The molecule has 8 nitrogen and oxygen atoms in total. The minimum Gasteiger partial charge on any atom is -0.493 e. The predicted octanol–water partition coefficient (Wildman–Crippen LogP) is 3.56. The number of carbonyl (C=O) groups is 2. The van der Waals surface area contributed by atoms with Gasteiger partial charge in [0, 0.05) is 23.2 Å². The fourth-order valence-corrected chi connectivity index (χ4v) is 3.31. The van der Waals surface area contributed by atoms with E-state index >= 15 is 0 Å². The van der Waals surface area contributed by atoms with E-state index in [4.69, 9.17) is 19.9 Å². The SMILES string of the molecule is COc1ccc(NC(=O)C=Cc2cccc(OCc3csc(C)n3)c2)cc1OCC(N)=O. The van der Waals surface area contributed by atoms with Crippen molar-refractivity contribution in [2.75, 3.05) is 19.0 Å². The van der Waals surface area contributed by atoms with E-state index in [-0.39, 0.29) is 12.5 Å². The van der Waals surface area contributed by atoms with Gasteiger partial charge in [0.25, 0.3) is 5.91 Å². The molecule has 0 atom stereocenters. The molecule has 9 heteroatoms. The lowest BCUT2D eigenvalue weighted by molar-refractivity contribution is -0.120. The van der Waals surface area contributed by atoms with E-state index in [0.29, 0.717) is 29.5 Å². The summed E-state index contributed by atoms with van der Waals surface area (Å²) in [4.78, 5) is 27.7. The van der Waals surface area contributed by atoms with Crippen molar-refractivity contribution in [2.24, 2.45) is 5.73 Å². The second-order valence-corrected chi connectivity index (χ2v) is 7.72. The number of benzene rings is 2. The summed E-state index contributed by atoms with van der Waals surface area (Å²) < 4.78 is 16.3. The molecule has 2 aromatic carbocycles.